The lowest BCUT2D eigenvalue weighted by molar-refractivity contribution is -0.135. The summed E-state index contributed by atoms with van der Waals surface area (Å²) in [6, 6.07) is -0.609. The van der Waals surface area contributed by atoms with Gasteiger partial charge >= 0.3 is 5.97 Å². The van der Waals surface area contributed by atoms with Crippen molar-refractivity contribution in [2.75, 3.05) is 19.7 Å². The van der Waals surface area contributed by atoms with Gasteiger partial charge in [-0.3, -0.25) is 4.79 Å². The van der Waals surface area contributed by atoms with Gasteiger partial charge in [0, 0.05) is 13.1 Å². The summed E-state index contributed by atoms with van der Waals surface area (Å²) < 4.78 is 6.11. The zero-order valence-electron chi connectivity index (χ0n) is 11.8. The van der Waals surface area contributed by atoms with Crippen LogP contribution in [0.25, 0.3) is 0 Å². The fourth-order valence-electron chi connectivity index (χ4n) is 2.27. The van der Waals surface area contributed by atoms with Gasteiger partial charge in [0.2, 0.25) is 5.91 Å². The third kappa shape index (κ3) is 2.94. The predicted octanol–water partition coefficient (Wildman–Crippen LogP) is 0.423. The van der Waals surface area contributed by atoms with Crippen LogP contribution < -0.4 is 0 Å². The predicted molar refractivity (Wildman–Crippen MR) is 68.9 cm³/mol. The van der Waals surface area contributed by atoms with Gasteiger partial charge < -0.3 is 9.64 Å². The zero-order chi connectivity index (χ0) is 14.5. The summed E-state index contributed by atoms with van der Waals surface area (Å²) in [6.07, 6.45) is 3.18. The van der Waals surface area contributed by atoms with Crippen molar-refractivity contribution in [3.63, 3.8) is 0 Å². The lowest BCUT2D eigenvalue weighted by Gasteiger charge is -2.29. The molecule has 20 heavy (non-hydrogen) atoms. The van der Waals surface area contributed by atoms with Gasteiger partial charge in [0.25, 0.3) is 5.82 Å². The van der Waals surface area contributed by atoms with Gasteiger partial charge in [-0.1, -0.05) is 0 Å². The van der Waals surface area contributed by atoms with Crippen LogP contribution in [0.4, 0.5) is 0 Å². The molecule has 1 aromatic rings. The SMILES string of the molecule is CCOC(=O)c1nnnn1C(C)C(=O)N1CCCCC1. The fraction of sp³-hybridized carbons (Fsp3) is 0.750. The minimum Gasteiger partial charge on any atom is -0.460 e. The number of amides is 1. The van der Waals surface area contributed by atoms with E-state index >= 15 is 0 Å². The van der Waals surface area contributed by atoms with Crippen LogP contribution in [0.5, 0.6) is 0 Å². The van der Waals surface area contributed by atoms with Crippen LogP contribution in [0, 0.1) is 0 Å². The lowest BCUT2D eigenvalue weighted by Crippen LogP contribution is -2.40. The van der Waals surface area contributed by atoms with Gasteiger partial charge in [-0.2, -0.15) is 0 Å². The summed E-state index contributed by atoms with van der Waals surface area (Å²) in [5.74, 6) is -0.719. The van der Waals surface area contributed by atoms with E-state index < -0.39 is 12.0 Å². The number of piperidine rings is 1. The second-order valence-electron chi connectivity index (χ2n) is 4.73. The molecule has 1 saturated heterocycles. The van der Waals surface area contributed by atoms with E-state index in [1.165, 1.54) is 4.68 Å². The number of aromatic nitrogens is 4. The first-order chi connectivity index (χ1) is 9.65. The van der Waals surface area contributed by atoms with Crippen LogP contribution in [0.15, 0.2) is 0 Å². The van der Waals surface area contributed by atoms with Crippen LogP contribution in [0.1, 0.15) is 49.8 Å². The number of hydrogen-bond donors (Lipinski definition) is 0. The number of nitrogens with zero attached hydrogens (tertiary/aromatic N) is 5. The Morgan fingerprint density at radius 2 is 2.00 bits per heavy atom. The normalized spacial score (nSPS) is 16.8. The number of tetrazole rings is 1. The molecule has 0 radical (unpaired) electrons. The van der Waals surface area contributed by atoms with E-state index in [0.717, 1.165) is 32.4 Å². The highest BCUT2D eigenvalue weighted by Crippen LogP contribution is 2.16. The van der Waals surface area contributed by atoms with Crippen molar-refractivity contribution in [3.8, 4) is 0 Å². The Morgan fingerprint density at radius 1 is 1.30 bits per heavy atom. The molecule has 1 atom stereocenters. The van der Waals surface area contributed by atoms with Crippen molar-refractivity contribution in [1.82, 2.24) is 25.1 Å². The number of carbonyl (C=O) groups excluding carboxylic acids is 2. The van der Waals surface area contributed by atoms with Crippen LogP contribution in [0.2, 0.25) is 0 Å². The zero-order valence-corrected chi connectivity index (χ0v) is 11.8. The minimum absolute atomic E-state index is 0.0373. The Bertz CT molecular complexity index is 481. The second-order valence-corrected chi connectivity index (χ2v) is 4.73. The molecule has 1 aliphatic rings. The Morgan fingerprint density at radius 3 is 2.65 bits per heavy atom. The van der Waals surface area contributed by atoms with E-state index in [2.05, 4.69) is 15.5 Å². The molecule has 8 nitrogen and oxygen atoms in total. The molecular weight excluding hydrogens is 262 g/mol. The number of rotatable bonds is 4. The summed E-state index contributed by atoms with van der Waals surface area (Å²) in [5, 5.41) is 10.8. The van der Waals surface area contributed by atoms with Crippen LogP contribution in [0.3, 0.4) is 0 Å². The van der Waals surface area contributed by atoms with Crippen LogP contribution in [-0.2, 0) is 9.53 Å². The van der Waals surface area contributed by atoms with Gasteiger partial charge in [-0.25, -0.2) is 9.48 Å². The number of hydrogen-bond acceptors (Lipinski definition) is 6. The number of carbonyl (C=O) groups is 2. The first-order valence-electron chi connectivity index (χ1n) is 6.89. The highest BCUT2D eigenvalue weighted by molar-refractivity contribution is 5.87. The van der Waals surface area contributed by atoms with Crippen molar-refractivity contribution in [2.45, 2.75) is 39.2 Å². The molecule has 1 aliphatic heterocycles. The van der Waals surface area contributed by atoms with Crippen LogP contribution in [-0.4, -0.2) is 56.7 Å². The van der Waals surface area contributed by atoms with Gasteiger partial charge in [0.05, 0.1) is 6.61 Å². The number of ether oxygens (including phenoxy) is 1. The summed E-state index contributed by atoms with van der Waals surface area (Å²) in [4.78, 5) is 25.9. The van der Waals surface area contributed by atoms with E-state index in [1.54, 1.807) is 18.7 Å². The Labute approximate surface area is 117 Å². The molecule has 0 bridgehead atoms. The summed E-state index contributed by atoms with van der Waals surface area (Å²) >= 11 is 0. The van der Waals surface area contributed by atoms with Gasteiger partial charge in [-0.15, -0.1) is 5.10 Å². The lowest BCUT2D eigenvalue weighted by atomic mass is 10.1. The monoisotopic (exact) mass is 281 g/mol. The van der Waals surface area contributed by atoms with Crippen molar-refractivity contribution in [3.05, 3.63) is 5.82 Å². The average Bonchev–Trinajstić information content (AvgIpc) is 2.96. The van der Waals surface area contributed by atoms with Crippen molar-refractivity contribution in [1.29, 1.82) is 0 Å². The van der Waals surface area contributed by atoms with E-state index in [-0.39, 0.29) is 18.3 Å². The Hall–Kier alpha value is -1.99. The fourth-order valence-corrected chi connectivity index (χ4v) is 2.27. The smallest absolute Gasteiger partial charge is 0.378 e. The molecule has 2 rings (SSSR count). The second kappa shape index (κ2) is 6.44. The third-order valence-corrected chi connectivity index (χ3v) is 3.34. The van der Waals surface area contributed by atoms with Gasteiger partial charge in [0.15, 0.2) is 0 Å². The van der Waals surface area contributed by atoms with Gasteiger partial charge in [0.1, 0.15) is 6.04 Å². The molecule has 1 aromatic heterocycles. The number of esters is 1. The molecule has 0 aliphatic carbocycles. The molecule has 8 heteroatoms. The maximum atomic E-state index is 12.4. The molecule has 1 fully saturated rings. The van der Waals surface area contributed by atoms with Crippen molar-refractivity contribution in [2.24, 2.45) is 0 Å². The van der Waals surface area contributed by atoms with E-state index in [0.29, 0.717) is 0 Å². The third-order valence-electron chi connectivity index (χ3n) is 3.34. The Balaban J connectivity index is 2.12. The summed E-state index contributed by atoms with van der Waals surface area (Å²) in [5.41, 5.74) is 0. The molecule has 110 valence electrons. The molecule has 0 saturated carbocycles. The first kappa shape index (κ1) is 14.4. The Kier molecular flexibility index (Phi) is 4.65. The molecule has 0 aromatic carbocycles. The summed E-state index contributed by atoms with van der Waals surface area (Å²) in [6.45, 7) is 5.13. The molecule has 1 unspecified atom stereocenters. The average molecular weight is 281 g/mol. The molecule has 0 N–H and O–H groups in total. The standard InChI is InChI=1S/C12H19N5O3/c1-3-20-12(19)10-13-14-15-17(10)9(2)11(18)16-7-5-4-6-8-16/h9H,3-8H2,1-2H3. The topological polar surface area (TPSA) is 90.2 Å². The molecular formula is C12H19N5O3. The highest BCUT2D eigenvalue weighted by Gasteiger charge is 2.28. The number of likely N-dealkylation sites (tertiary alicyclic amines) is 1. The van der Waals surface area contributed by atoms with E-state index in [1.807, 2.05) is 0 Å². The summed E-state index contributed by atoms with van der Waals surface area (Å²) in [7, 11) is 0. The maximum absolute atomic E-state index is 12.4. The maximum Gasteiger partial charge on any atom is 0.378 e. The van der Waals surface area contributed by atoms with E-state index in [4.69, 9.17) is 4.74 Å². The molecule has 1 amide bonds. The van der Waals surface area contributed by atoms with Gasteiger partial charge in [-0.05, 0) is 43.5 Å². The van der Waals surface area contributed by atoms with Crippen molar-refractivity contribution >= 4 is 11.9 Å². The highest BCUT2D eigenvalue weighted by atomic mass is 16.5. The van der Waals surface area contributed by atoms with Crippen molar-refractivity contribution < 1.29 is 14.3 Å². The minimum atomic E-state index is -0.615. The largest absolute Gasteiger partial charge is 0.460 e. The quantitative estimate of drug-likeness (QED) is 0.743. The van der Waals surface area contributed by atoms with E-state index in [9.17, 15) is 9.59 Å². The van der Waals surface area contributed by atoms with Crippen LogP contribution >= 0.6 is 0 Å². The first-order valence-corrected chi connectivity index (χ1v) is 6.89. The molecule has 0 spiro atoms. The molecule has 2 heterocycles.